The summed E-state index contributed by atoms with van der Waals surface area (Å²) in [6.45, 7) is 8.78. The van der Waals surface area contributed by atoms with Crippen LogP contribution in [0.2, 0.25) is 0 Å². The van der Waals surface area contributed by atoms with Gasteiger partial charge in [0.15, 0.2) is 0 Å². The summed E-state index contributed by atoms with van der Waals surface area (Å²) in [5.74, 6) is 0. The molecule has 1 aliphatic carbocycles. The van der Waals surface area contributed by atoms with E-state index in [9.17, 15) is 0 Å². The first-order valence-corrected chi connectivity index (χ1v) is 5.93. The zero-order valence-electron chi connectivity index (χ0n) is 11.8. The smallest absolute Gasteiger partial charge is 0.872 e. The van der Waals surface area contributed by atoms with E-state index in [2.05, 4.69) is 6.92 Å². The van der Waals surface area contributed by atoms with Crippen molar-refractivity contribution in [1.82, 2.24) is 0 Å². The van der Waals surface area contributed by atoms with Crippen molar-refractivity contribution >= 4 is 12.8 Å². The van der Waals surface area contributed by atoms with Crippen molar-refractivity contribution in [3.63, 3.8) is 0 Å². The molecule has 6 heteroatoms. The van der Waals surface area contributed by atoms with E-state index >= 15 is 0 Å². The van der Waals surface area contributed by atoms with Crippen molar-refractivity contribution in [3.05, 3.63) is 84.1 Å². The summed E-state index contributed by atoms with van der Waals surface area (Å²) in [7, 11) is -1.64. The second-order valence-corrected chi connectivity index (χ2v) is 4.08. The SMILES string of the molecule is [CH-]=C1C(=[N-])C=CC=C1B(O)O.[CH2-][C@H](O)c1ccccc1.[Li+]. The molecule has 0 radical (unpaired) electrons. The van der Waals surface area contributed by atoms with Crippen LogP contribution in [0.25, 0.3) is 5.41 Å². The van der Waals surface area contributed by atoms with Crippen molar-refractivity contribution in [3.8, 4) is 0 Å². The van der Waals surface area contributed by atoms with Crippen LogP contribution in [0.4, 0.5) is 0 Å². The van der Waals surface area contributed by atoms with Gasteiger partial charge in [-0.25, -0.2) is 12.2 Å². The number of allylic oxidation sites excluding steroid dienone is 5. The Morgan fingerprint density at radius 2 is 1.76 bits per heavy atom. The minimum absolute atomic E-state index is 0. The fraction of sp³-hybridized carbons (Fsp3) is 0.0667. The molecule has 0 spiro atoms. The zero-order valence-corrected chi connectivity index (χ0v) is 11.8. The molecule has 3 N–H and O–H groups in total. The summed E-state index contributed by atoms with van der Waals surface area (Å²) in [6.07, 6.45) is 3.70. The predicted octanol–water partition coefficient (Wildman–Crippen LogP) is -1.58. The third-order valence-electron chi connectivity index (χ3n) is 2.58. The van der Waals surface area contributed by atoms with Gasteiger partial charge in [0.2, 0.25) is 0 Å². The maximum Gasteiger partial charge on any atom is 1.00 e. The Kier molecular flexibility index (Phi) is 8.95. The van der Waals surface area contributed by atoms with E-state index in [-0.39, 0.29) is 35.6 Å². The first kappa shape index (κ1) is 19.7. The van der Waals surface area contributed by atoms with Gasteiger partial charge in [0.1, 0.15) is 0 Å². The average Bonchev–Trinajstić information content (AvgIpc) is 2.43. The van der Waals surface area contributed by atoms with E-state index in [1.54, 1.807) is 0 Å². The third-order valence-corrected chi connectivity index (χ3v) is 2.58. The molecule has 4 nitrogen and oxygen atoms in total. The molecular formula is C15H15BLiNO3-2. The molecule has 0 aliphatic heterocycles. The van der Waals surface area contributed by atoms with Gasteiger partial charge in [0.25, 0.3) is 0 Å². The molecule has 1 aromatic rings. The first-order chi connectivity index (χ1) is 9.43. The molecule has 0 bridgehead atoms. The standard InChI is InChI=1S/C8H9O.C7H6BNO2.Li/c1-7(9)8-5-3-2-4-6-8;1-5-6(8(10)11)3-2-4-7(5)9;/h2-7,9H,1H2;1-4,10-11H;/q-1;-2;+1/t7-;;/m0../s1. The van der Waals surface area contributed by atoms with E-state index in [1.165, 1.54) is 18.2 Å². The molecule has 1 aromatic carbocycles. The van der Waals surface area contributed by atoms with Crippen LogP contribution < -0.4 is 18.9 Å². The van der Waals surface area contributed by atoms with Gasteiger partial charge in [-0.1, -0.05) is 42.0 Å². The maximum atomic E-state index is 9.00. The van der Waals surface area contributed by atoms with Gasteiger partial charge in [0.05, 0.1) is 0 Å². The summed E-state index contributed by atoms with van der Waals surface area (Å²) < 4.78 is 0. The largest absolute Gasteiger partial charge is 1.00 e. The number of nitrogens with zero attached hydrogens (tertiary/aromatic N) is 1. The van der Waals surface area contributed by atoms with Gasteiger partial charge in [-0.3, -0.25) is 5.71 Å². The quantitative estimate of drug-likeness (QED) is 0.450. The molecule has 1 atom stereocenters. The molecule has 1 aliphatic rings. The number of hydrogen-bond donors (Lipinski definition) is 3. The van der Waals surface area contributed by atoms with Crippen LogP contribution in [-0.4, -0.2) is 28.0 Å². The maximum absolute atomic E-state index is 9.00. The molecular weight excluding hydrogens is 260 g/mol. The molecule has 0 heterocycles. The predicted molar refractivity (Wildman–Crippen MR) is 80.4 cm³/mol. The Labute approximate surface area is 137 Å². The Balaban J connectivity index is 0.000000370. The van der Waals surface area contributed by atoms with E-state index in [0.717, 1.165) is 5.56 Å². The topological polar surface area (TPSA) is 83.0 Å². The van der Waals surface area contributed by atoms with Crippen LogP contribution in [0.3, 0.4) is 0 Å². The average molecular weight is 275 g/mol. The van der Waals surface area contributed by atoms with Crippen molar-refractivity contribution in [2.45, 2.75) is 6.10 Å². The van der Waals surface area contributed by atoms with E-state index in [4.69, 9.17) is 27.1 Å². The Morgan fingerprint density at radius 1 is 1.19 bits per heavy atom. The van der Waals surface area contributed by atoms with Gasteiger partial charge in [0, 0.05) is 0 Å². The molecule has 0 fully saturated rings. The minimum atomic E-state index is -1.64. The fourth-order valence-electron chi connectivity index (χ4n) is 1.47. The number of rotatable bonds is 2. The van der Waals surface area contributed by atoms with Gasteiger partial charge in [-0.05, 0) is 6.10 Å². The van der Waals surface area contributed by atoms with Gasteiger partial charge >= 0.3 is 26.0 Å². The van der Waals surface area contributed by atoms with Crippen molar-refractivity contribution in [1.29, 1.82) is 0 Å². The second kappa shape index (κ2) is 9.56. The molecule has 0 aromatic heterocycles. The van der Waals surface area contributed by atoms with Crippen LogP contribution >= 0.6 is 0 Å². The number of aliphatic hydroxyl groups is 1. The van der Waals surface area contributed by atoms with Crippen LogP contribution in [0, 0.1) is 13.5 Å². The molecule has 21 heavy (non-hydrogen) atoms. The summed E-state index contributed by atoms with van der Waals surface area (Å²) in [5, 5.41) is 35.3. The summed E-state index contributed by atoms with van der Waals surface area (Å²) >= 11 is 0. The van der Waals surface area contributed by atoms with Crippen LogP contribution in [0.15, 0.2) is 59.6 Å². The number of aliphatic hydroxyl groups excluding tert-OH is 1. The first-order valence-electron chi connectivity index (χ1n) is 5.93. The van der Waals surface area contributed by atoms with Crippen LogP contribution in [0.1, 0.15) is 11.7 Å². The van der Waals surface area contributed by atoms with E-state index in [1.807, 2.05) is 30.3 Å². The monoisotopic (exact) mass is 275 g/mol. The normalized spacial score (nSPS) is 14.4. The van der Waals surface area contributed by atoms with E-state index in [0.29, 0.717) is 0 Å². The molecule has 0 saturated carbocycles. The van der Waals surface area contributed by atoms with Gasteiger partial charge in [-0.2, -0.15) is 0 Å². The van der Waals surface area contributed by atoms with E-state index < -0.39 is 13.2 Å². The molecule has 0 amide bonds. The molecule has 104 valence electrons. The van der Waals surface area contributed by atoms with Crippen LogP contribution in [-0.2, 0) is 0 Å². The summed E-state index contributed by atoms with van der Waals surface area (Å²) in [5.41, 5.74) is 0.834. The minimum Gasteiger partial charge on any atom is -0.872 e. The van der Waals surface area contributed by atoms with Crippen LogP contribution in [0.5, 0.6) is 0 Å². The molecule has 2 rings (SSSR count). The Bertz CT molecular complexity index is 539. The van der Waals surface area contributed by atoms with Crippen molar-refractivity contribution in [2.75, 3.05) is 0 Å². The number of hydrogen-bond acceptors (Lipinski definition) is 3. The Morgan fingerprint density at radius 3 is 2.14 bits per heavy atom. The van der Waals surface area contributed by atoms with Crippen molar-refractivity contribution < 1.29 is 34.0 Å². The third kappa shape index (κ3) is 6.30. The Hall–Kier alpha value is -1.35. The fourth-order valence-corrected chi connectivity index (χ4v) is 1.47. The summed E-state index contributed by atoms with van der Waals surface area (Å²) in [6, 6.07) is 9.36. The molecule has 0 unspecified atom stereocenters. The number of benzene rings is 1. The summed E-state index contributed by atoms with van der Waals surface area (Å²) in [4.78, 5) is 0. The molecule has 0 saturated heterocycles. The zero-order chi connectivity index (χ0) is 15.1. The second-order valence-electron chi connectivity index (χ2n) is 4.08. The van der Waals surface area contributed by atoms with Crippen molar-refractivity contribution in [2.24, 2.45) is 0 Å². The van der Waals surface area contributed by atoms with Gasteiger partial charge < -0.3 is 27.5 Å². The van der Waals surface area contributed by atoms with Gasteiger partial charge in [-0.15, -0.1) is 17.6 Å².